The highest BCUT2D eigenvalue weighted by atomic mass is 32.2. The number of sulfone groups is 1. The SMILES string of the molecule is CNC(CC1OCCc2ccccc21)CS(C)(=O)=O. The minimum Gasteiger partial charge on any atom is -0.373 e. The number of rotatable bonds is 5. The van der Waals surface area contributed by atoms with Crippen molar-refractivity contribution in [2.45, 2.75) is 25.0 Å². The van der Waals surface area contributed by atoms with Crippen molar-refractivity contribution in [3.05, 3.63) is 35.4 Å². The molecule has 1 aromatic carbocycles. The molecule has 106 valence electrons. The maximum absolute atomic E-state index is 11.4. The fourth-order valence-electron chi connectivity index (χ4n) is 2.56. The van der Waals surface area contributed by atoms with Gasteiger partial charge in [-0.05, 0) is 31.0 Å². The zero-order valence-electron chi connectivity index (χ0n) is 11.4. The van der Waals surface area contributed by atoms with E-state index in [1.54, 1.807) is 7.05 Å². The van der Waals surface area contributed by atoms with Crippen molar-refractivity contribution in [1.29, 1.82) is 0 Å². The Morgan fingerprint density at radius 1 is 1.42 bits per heavy atom. The minimum absolute atomic E-state index is 0.0100. The average molecular weight is 283 g/mol. The average Bonchev–Trinajstić information content (AvgIpc) is 2.37. The van der Waals surface area contributed by atoms with Gasteiger partial charge in [-0.2, -0.15) is 0 Å². The second-order valence-corrected chi connectivity index (χ2v) is 7.31. The monoisotopic (exact) mass is 283 g/mol. The first kappa shape index (κ1) is 14.5. The predicted molar refractivity (Wildman–Crippen MR) is 76.0 cm³/mol. The van der Waals surface area contributed by atoms with E-state index in [1.165, 1.54) is 17.4 Å². The minimum atomic E-state index is -2.98. The van der Waals surface area contributed by atoms with Gasteiger partial charge in [0, 0.05) is 12.3 Å². The van der Waals surface area contributed by atoms with E-state index in [2.05, 4.69) is 17.4 Å². The Hall–Kier alpha value is -0.910. The summed E-state index contributed by atoms with van der Waals surface area (Å²) in [6.07, 6.45) is 2.88. The number of hydrogen-bond acceptors (Lipinski definition) is 4. The molecule has 1 heterocycles. The fraction of sp³-hybridized carbons (Fsp3) is 0.571. The molecule has 0 spiro atoms. The van der Waals surface area contributed by atoms with Gasteiger partial charge in [0.2, 0.25) is 0 Å². The number of hydrogen-bond donors (Lipinski definition) is 1. The summed E-state index contributed by atoms with van der Waals surface area (Å²) in [5.74, 6) is 0.144. The van der Waals surface area contributed by atoms with Crippen LogP contribution in [0.1, 0.15) is 23.7 Å². The van der Waals surface area contributed by atoms with E-state index in [0.29, 0.717) is 13.0 Å². The predicted octanol–water partition coefficient (Wildman–Crippen LogP) is 1.32. The van der Waals surface area contributed by atoms with Crippen LogP contribution < -0.4 is 5.32 Å². The van der Waals surface area contributed by atoms with E-state index in [0.717, 1.165) is 6.42 Å². The first-order valence-electron chi connectivity index (χ1n) is 6.54. The molecule has 0 aromatic heterocycles. The third-order valence-corrected chi connectivity index (χ3v) is 4.51. The zero-order valence-corrected chi connectivity index (χ0v) is 12.2. The maximum atomic E-state index is 11.4. The summed E-state index contributed by atoms with van der Waals surface area (Å²) in [7, 11) is -1.19. The third-order valence-electron chi connectivity index (χ3n) is 3.50. The summed E-state index contributed by atoms with van der Waals surface area (Å²) >= 11 is 0. The Balaban J connectivity index is 2.11. The van der Waals surface area contributed by atoms with Crippen molar-refractivity contribution in [2.24, 2.45) is 0 Å². The number of fused-ring (bicyclic) bond motifs is 1. The van der Waals surface area contributed by atoms with Gasteiger partial charge in [0.15, 0.2) is 0 Å². The third kappa shape index (κ3) is 4.03. The molecule has 5 heteroatoms. The summed E-state index contributed by atoms with van der Waals surface area (Å²) in [6, 6.07) is 8.16. The van der Waals surface area contributed by atoms with E-state index in [-0.39, 0.29) is 17.9 Å². The molecular formula is C14H21NO3S. The lowest BCUT2D eigenvalue weighted by atomic mass is 9.94. The molecule has 0 saturated heterocycles. The molecule has 0 saturated carbocycles. The lowest BCUT2D eigenvalue weighted by Gasteiger charge is -2.29. The summed E-state index contributed by atoms with van der Waals surface area (Å²) in [5, 5.41) is 3.08. The van der Waals surface area contributed by atoms with Crippen molar-refractivity contribution in [2.75, 3.05) is 25.7 Å². The molecule has 0 radical (unpaired) electrons. The molecule has 1 aliphatic heterocycles. The van der Waals surface area contributed by atoms with Crippen LogP contribution >= 0.6 is 0 Å². The second kappa shape index (κ2) is 6.03. The van der Waals surface area contributed by atoms with Crippen LogP contribution in [0, 0.1) is 0 Å². The second-order valence-electron chi connectivity index (χ2n) is 5.12. The first-order valence-corrected chi connectivity index (χ1v) is 8.60. The highest BCUT2D eigenvalue weighted by molar-refractivity contribution is 7.90. The standard InChI is InChI=1S/C14H21NO3S/c1-15-12(10-19(2,16)17)9-14-13-6-4-3-5-11(13)7-8-18-14/h3-6,12,14-15H,7-10H2,1-2H3. The van der Waals surface area contributed by atoms with Gasteiger partial charge in [-0.25, -0.2) is 8.42 Å². The normalized spacial score (nSPS) is 20.8. The Morgan fingerprint density at radius 2 is 2.16 bits per heavy atom. The largest absolute Gasteiger partial charge is 0.373 e. The molecule has 0 fully saturated rings. The molecule has 19 heavy (non-hydrogen) atoms. The topological polar surface area (TPSA) is 55.4 Å². The van der Waals surface area contributed by atoms with Crippen molar-refractivity contribution < 1.29 is 13.2 Å². The molecule has 0 aliphatic carbocycles. The highest BCUT2D eigenvalue weighted by Gasteiger charge is 2.25. The van der Waals surface area contributed by atoms with Gasteiger partial charge < -0.3 is 10.1 Å². The first-order chi connectivity index (χ1) is 8.99. The van der Waals surface area contributed by atoms with Gasteiger partial charge in [-0.3, -0.25) is 0 Å². The van der Waals surface area contributed by atoms with E-state index in [9.17, 15) is 8.42 Å². The number of ether oxygens (including phenoxy) is 1. The van der Waals surface area contributed by atoms with Crippen molar-refractivity contribution in [3.63, 3.8) is 0 Å². The van der Waals surface area contributed by atoms with Crippen LogP contribution in [0.2, 0.25) is 0 Å². The molecule has 2 rings (SSSR count). The van der Waals surface area contributed by atoms with E-state index in [1.807, 2.05) is 12.1 Å². The quantitative estimate of drug-likeness (QED) is 0.885. The Kier molecular flexibility index (Phi) is 4.60. The zero-order chi connectivity index (χ0) is 13.9. The summed E-state index contributed by atoms with van der Waals surface area (Å²) in [4.78, 5) is 0. The van der Waals surface area contributed by atoms with Crippen molar-refractivity contribution >= 4 is 9.84 Å². The van der Waals surface area contributed by atoms with Crippen molar-refractivity contribution in [1.82, 2.24) is 5.32 Å². The molecule has 2 atom stereocenters. The molecule has 1 aromatic rings. The number of benzene rings is 1. The molecule has 1 N–H and O–H groups in total. The fourth-order valence-corrected chi connectivity index (χ4v) is 3.60. The van der Waals surface area contributed by atoms with Gasteiger partial charge in [-0.15, -0.1) is 0 Å². The molecule has 0 bridgehead atoms. The van der Waals surface area contributed by atoms with Gasteiger partial charge in [0.05, 0.1) is 18.5 Å². The molecule has 2 unspecified atom stereocenters. The van der Waals surface area contributed by atoms with Gasteiger partial charge in [0.25, 0.3) is 0 Å². The van der Waals surface area contributed by atoms with Gasteiger partial charge >= 0.3 is 0 Å². The molecule has 0 amide bonds. The Labute approximate surface area is 115 Å². The lowest BCUT2D eigenvalue weighted by molar-refractivity contribution is 0.0314. The van der Waals surface area contributed by atoms with Gasteiger partial charge in [-0.1, -0.05) is 24.3 Å². The van der Waals surface area contributed by atoms with Crippen LogP contribution in [-0.2, 0) is 21.0 Å². The molecular weight excluding hydrogens is 262 g/mol. The van der Waals surface area contributed by atoms with Crippen LogP contribution in [-0.4, -0.2) is 40.1 Å². The van der Waals surface area contributed by atoms with Gasteiger partial charge in [0.1, 0.15) is 9.84 Å². The summed E-state index contributed by atoms with van der Waals surface area (Å²) in [6.45, 7) is 0.705. The summed E-state index contributed by atoms with van der Waals surface area (Å²) < 4.78 is 28.6. The Bertz CT molecular complexity index is 527. The van der Waals surface area contributed by atoms with Crippen LogP contribution in [0.3, 0.4) is 0 Å². The smallest absolute Gasteiger partial charge is 0.148 e. The van der Waals surface area contributed by atoms with Crippen LogP contribution in [0.25, 0.3) is 0 Å². The van der Waals surface area contributed by atoms with Crippen LogP contribution in [0.5, 0.6) is 0 Å². The Morgan fingerprint density at radius 3 is 2.84 bits per heavy atom. The van der Waals surface area contributed by atoms with Crippen LogP contribution in [0.4, 0.5) is 0 Å². The van der Waals surface area contributed by atoms with E-state index < -0.39 is 9.84 Å². The number of nitrogens with one attached hydrogen (secondary N) is 1. The highest BCUT2D eigenvalue weighted by Crippen LogP contribution is 2.30. The van der Waals surface area contributed by atoms with Crippen molar-refractivity contribution in [3.8, 4) is 0 Å². The summed E-state index contributed by atoms with van der Waals surface area (Å²) in [5.41, 5.74) is 2.51. The van der Waals surface area contributed by atoms with E-state index in [4.69, 9.17) is 4.74 Å². The van der Waals surface area contributed by atoms with Crippen LogP contribution in [0.15, 0.2) is 24.3 Å². The maximum Gasteiger partial charge on any atom is 0.148 e. The van der Waals surface area contributed by atoms with E-state index >= 15 is 0 Å². The molecule has 4 nitrogen and oxygen atoms in total. The lowest BCUT2D eigenvalue weighted by Crippen LogP contribution is -2.35. The molecule has 1 aliphatic rings.